The average Bonchev–Trinajstić information content (AvgIpc) is 2.42. The lowest BCUT2D eigenvalue weighted by Gasteiger charge is -2.26. The van der Waals surface area contributed by atoms with E-state index in [0.29, 0.717) is 10.9 Å². The number of benzene rings is 1. The lowest BCUT2D eigenvalue weighted by Crippen LogP contribution is -2.44. The Kier molecular flexibility index (Phi) is 6.61. The molecular formula is C14H17BrFNO4. The largest absolute Gasteiger partial charge is 0.481 e. The minimum absolute atomic E-state index is 0.0500. The maximum absolute atomic E-state index is 13.6. The Morgan fingerprint density at radius 2 is 2.14 bits per heavy atom. The molecule has 0 spiro atoms. The summed E-state index contributed by atoms with van der Waals surface area (Å²) in [7, 11) is 0. The molecule has 0 heterocycles. The summed E-state index contributed by atoms with van der Waals surface area (Å²) < 4.78 is 19.3. The second kappa shape index (κ2) is 7.97. The van der Waals surface area contributed by atoms with Crippen molar-refractivity contribution in [2.24, 2.45) is 0 Å². The first-order valence-corrected chi connectivity index (χ1v) is 7.23. The molecule has 0 fully saturated rings. The number of carboxylic acids is 1. The first kappa shape index (κ1) is 17.4. The molecule has 1 unspecified atom stereocenters. The smallest absolute Gasteiger partial charge is 0.323 e. The highest BCUT2D eigenvalue weighted by molar-refractivity contribution is 9.10. The molecule has 0 aliphatic rings. The summed E-state index contributed by atoms with van der Waals surface area (Å²) >= 11 is 3.12. The molecule has 0 aliphatic heterocycles. The highest BCUT2D eigenvalue weighted by Gasteiger charge is 2.22. The van der Waals surface area contributed by atoms with Crippen molar-refractivity contribution in [3.63, 3.8) is 0 Å². The number of carboxylic acid groups (broad SMARTS) is 1. The summed E-state index contributed by atoms with van der Waals surface area (Å²) in [5.41, 5.74) is 0. The van der Waals surface area contributed by atoms with Gasteiger partial charge < -0.3 is 14.7 Å². The first-order valence-electron chi connectivity index (χ1n) is 6.44. The molecule has 1 aromatic carbocycles. The molecule has 0 bridgehead atoms. The SMILES string of the molecule is CCC(C)N(CC(=O)O)C(=O)COc1ccc(Br)cc1F. The highest BCUT2D eigenvalue weighted by atomic mass is 79.9. The number of hydrogen-bond acceptors (Lipinski definition) is 3. The summed E-state index contributed by atoms with van der Waals surface area (Å²) in [5.74, 6) is -2.23. The van der Waals surface area contributed by atoms with Crippen molar-refractivity contribution in [2.45, 2.75) is 26.3 Å². The average molecular weight is 362 g/mol. The summed E-state index contributed by atoms with van der Waals surface area (Å²) in [5, 5.41) is 8.84. The van der Waals surface area contributed by atoms with Gasteiger partial charge in [0.2, 0.25) is 0 Å². The molecule has 21 heavy (non-hydrogen) atoms. The normalized spacial score (nSPS) is 11.8. The Balaban J connectivity index is 2.70. The van der Waals surface area contributed by atoms with Crippen molar-refractivity contribution < 1.29 is 23.8 Å². The molecule has 0 saturated heterocycles. The van der Waals surface area contributed by atoms with Crippen LogP contribution in [0, 0.1) is 5.82 Å². The van der Waals surface area contributed by atoms with E-state index in [9.17, 15) is 14.0 Å². The molecule has 5 nitrogen and oxygen atoms in total. The van der Waals surface area contributed by atoms with E-state index in [1.807, 2.05) is 6.92 Å². The van der Waals surface area contributed by atoms with Crippen LogP contribution in [0.3, 0.4) is 0 Å². The first-order chi connectivity index (χ1) is 9.85. The number of rotatable bonds is 7. The third-order valence-corrected chi connectivity index (χ3v) is 3.49. The van der Waals surface area contributed by atoms with E-state index in [0.717, 1.165) is 0 Å². The zero-order valence-corrected chi connectivity index (χ0v) is 13.4. The van der Waals surface area contributed by atoms with Gasteiger partial charge in [-0.3, -0.25) is 9.59 Å². The van der Waals surface area contributed by atoms with E-state index >= 15 is 0 Å². The van der Waals surface area contributed by atoms with E-state index in [1.165, 1.54) is 17.0 Å². The van der Waals surface area contributed by atoms with Crippen LogP contribution >= 0.6 is 15.9 Å². The van der Waals surface area contributed by atoms with Crippen LogP contribution in [0.1, 0.15) is 20.3 Å². The minimum atomic E-state index is -1.10. The number of carbonyl (C=O) groups is 2. The second-order valence-corrected chi connectivity index (χ2v) is 5.45. The zero-order valence-electron chi connectivity index (χ0n) is 11.8. The quantitative estimate of drug-likeness (QED) is 0.810. The molecule has 0 radical (unpaired) electrons. The molecule has 0 aliphatic carbocycles. The van der Waals surface area contributed by atoms with Crippen molar-refractivity contribution in [1.29, 1.82) is 0 Å². The van der Waals surface area contributed by atoms with Gasteiger partial charge in [-0.15, -0.1) is 0 Å². The summed E-state index contributed by atoms with van der Waals surface area (Å²) in [6.45, 7) is 2.79. The molecule has 0 aromatic heterocycles. The molecule has 7 heteroatoms. The molecule has 1 rings (SSSR count). The lowest BCUT2D eigenvalue weighted by atomic mass is 10.2. The standard InChI is InChI=1S/C14H17BrFNO4/c1-3-9(2)17(7-14(19)20)13(18)8-21-12-5-4-10(15)6-11(12)16/h4-6,9H,3,7-8H2,1-2H3,(H,19,20). The van der Waals surface area contributed by atoms with Gasteiger partial charge in [-0.2, -0.15) is 0 Å². The Labute approximate surface area is 130 Å². The van der Waals surface area contributed by atoms with Gasteiger partial charge in [0.05, 0.1) is 0 Å². The molecule has 116 valence electrons. The number of hydrogen-bond donors (Lipinski definition) is 1. The molecule has 1 N–H and O–H groups in total. The van der Waals surface area contributed by atoms with Crippen LogP contribution in [-0.2, 0) is 9.59 Å². The van der Waals surface area contributed by atoms with Gasteiger partial charge >= 0.3 is 5.97 Å². The van der Waals surface area contributed by atoms with Crippen LogP contribution in [0.4, 0.5) is 4.39 Å². The van der Waals surface area contributed by atoms with Crippen LogP contribution in [0.15, 0.2) is 22.7 Å². The van der Waals surface area contributed by atoms with Crippen LogP contribution < -0.4 is 4.74 Å². The van der Waals surface area contributed by atoms with E-state index in [-0.39, 0.29) is 11.8 Å². The predicted octanol–water partition coefficient (Wildman–Crippen LogP) is 2.68. The molecular weight excluding hydrogens is 345 g/mol. The van der Waals surface area contributed by atoms with Crippen LogP contribution in [-0.4, -0.2) is 41.1 Å². The number of nitrogens with zero attached hydrogens (tertiary/aromatic N) is 1. The number of amides is 1. The Morgan fingerprint density at radius 3 is 2.67 bits per heavy atom. The van der Waals surface area contributed by atoms with Gasteiger partial charge in [-0.1, -0.05) is 22.9 Å². The molecule has 1 amide bonds. The van der Waals surface area contributed by atoms with E-state index in [4.69, 9.17) is 9.84 Å². The van der Waals surface area contributed by atoms with Crippen molar-refractivity contribution in [3.05, 3.63) is 28.5 Å². The van der Waals surface area contributed by atoms with Gasteiger partial charge in [0.25, 0.3) is 5.91 Å². The van der Waals surface area contributed by atoms with Crippen molar-refractivity contribution in [3.8, 4) is 5.75 Å². The van der Waals surface area contributed by atoms with Crippen LogP contribution in [0.25, 0.3) is 0 Å². The third kappa shape index (κ3) is 5.34. The third-order valence-electron chi connectivity index (χ3n) is 2.99. The van der Waals surface area contributed by atoms with Gasteiger partial charge in [0.15, 0.2) is 18.2 Å². The molecule has 1 atom stereocenters. The molecule has 1 aromatic rings. The van der Waals surface area contributed by atoms with Gasteiger partial charge in [-0.25, -0.2) is 4.39 Å². The zero-order chi connectivity index (χ0) is 16.0. The fourth-order valence-electron chi connectivity index (χ4n) is 1.67. The summed E-state index contributed by atoms with van der Waals surface area (Å²) in [6, 6.07) is 3.99. The highest BCUT2D eigenvalue weighted by Crippen LogP contribution is 2.21. The van der Waals surface area contributed by atoms with Gasteiger partial charge in [0.1, 0.15) is 6.54 Å². The maximum Gasteiger partial charge on any atom is 0.323 e. The number of ether oxygens (including phenoxy) is 1. The monoisotopic (exact) mass is 361 g/mol. The second-order valence-electron chi connectivity index (χ2n) is 4.54. The van der Waals surface area contributed by atoms with E-state index in [2.05, 4.69) is 15.9 Å². The van der Waals surface area contributed by atoms with E-state index < -0.39 is 30.8 Å². The fraction of sp³-hybridized carbons (Fsp3) is 0.429. The van der Waals surface area contributed by atoms with Crippen molar-refractivity contribution in [2.75, 3.05) is 13.2 Å². The number of halogens is 2. The fourth-order valence-corrected chi connectivity index (χ4v) is 2.00. The van der Waals surface area contributed by atoms with Crippen molar-refractivity contribution in [1.82, 2.24) is 4.90 Å². The summed E-state index contributed by atoms with van der Waals surface area (Å²) in [6.07, 6.45) is 0.617. The number of carbonyl (C=O) groups excluding carboxylic acids is 1. The molecule has 0 saturated carbocycles. The minimum Gasteiger partial charge on any atom is -0.481 e. The van der Waals surface area contributed by atoms with Crippen molar-refractivity contribution >= 4 is 27.8 Å². The van der Waals surface area contributed by atoms with Gasteiger partial charge in [0, 0.05) is 10.5 Å². The van der Waals surface area contributed by atoms with Crippen LogP contribution in [0.5, 0.6) is 5.75 Å². The Bertz CT molecular complexity index is 524. The van der Waals surface area contributed by atoms with Gasteiger partial charge in [-0.05, 0) is 31.5 Å². The Hall–Kier alpha value is -1.63. The topological polar surface area (TPSA) is 66.8 Å². The van der Waals surface area contributed by atoms with E-state index in [1.54, 1.807) is 13.0 Å². The predicted molar refractivity (Wildman–Crippen MR) is 78.7 cm³/mol. The Morgan fingerprint density at radius 1 is 1.48 bits per heavy atom. The lowest BCUT2D eigenvalue weighted by molar-refractivity contribution is -0.147. The van der Waals surface area contributed by atoms with Crippen LogP contribution in [0.2, 0.25) is 0 Å². The summed E-state index contributed by atoms with van der Waals surface area (Å²) in [4.78, 5) is 24.0. The maximum atomic E-state index is 13.6. The number of aliphatic carboxylic acids is 1.